The van der Waals surface area contributed by atoms with E-state index >= 15 is 0 Å². The van der Waals surface area contributed by atoms with Crippen LogP contribution >= 0.6 is 0 Å². The van der Waals surface area contributed by atoms with Gasteiger partial charge in [0, 0.05) is 24.8 Å². The van der Waals surface area contributed by atoms with Crippen molar-refractivity contribution in [1.29, 1.82) is 0 Å². The van der Waals surface area contributed by atoms with E-state index < -0.39 is 0 Å². The van der Waals surface area contributed by atoms with Crippen molar-refractivity contribution < 1.29 is 0 Å². The Morgan fingerprint density at radius 2 is 2.05 bits per heavy atom. The van der Waals surface area contributed by atoms with Gasteiger partial charge in [-0.2, -0.15) is 0 Å². The first-order valence-electron chi connectivity index (χ1n) is 8.88. The molecule has 1 saturated heterocycles. The summed E-state index contributed by atoms with van der Waals surface area (Å²) in [6, 6.07) is 7.60. The molecule has 2 atom stereocenters. The molecule has 2 heteroatoms. The maximum atomic E-state index is 6.06. The summed E-state index contributed by atoms with van der Waals surface area (Å²) in [7, 11) is 0. The smallest absolute Gasteiger partial charge is 0.0369 e. The zero-order valence-corrected chi connectivity index (χ0v) is 13.5. The molecular weight excluding hydrogens is 256 g/mol. The van der Waals surface area contributed by atoms with Gasteiger partial charge in [-0.05, 0) is 80.5 Å². The molecule has 2 aliphatic rings. The van der Waals surface area contributed by atoms with Crippen molar-refractivity contribution in [2.75, 3.05) is 18.0 Å². The fraction of sp³-hybridized carbons (Fsp3) is 0.684. The minimum Gasteiger partial charge on any atom is -0.371 e. The number of benzene rings is 1. The number of hydrogen-bond donors (Lipinski definition) is 1. The number of anilines is 1. The highest BCUT2D eigenvalue weighted by molar-refractivity contribution is 5.52. The van der Waals surface area contributed by atoms with Crippen LogP contribution in [0.15, 0.2) is 18.2 Å². The van der Waals surface area contributed by atoms with E-state index in [4.69, 9.17) is 5.73 Å². The van der Waals surface area contributed by atoms with E-state index in [9.17, 15) is 0 Å². The fourth-order valence-corrected chi connectivity index (χ4v) is 3.87. The first-order chi connectivity index (χ1) is 10.3. The zero-order valence-electron chi connectivity index (χ0n) is 13.5. The number of nitrogens with zero attached hydrogens (tertiary/aromatic N) is 1. The highest BCUT2D eigenvalue weighted by atomic mass is 15.1. The van der Waals surface area contributed by atoms with Crippen molar-refractivity contribution in [1.82, 2.24) is 0 Å². The van der Waals surface area contributed by atoms with Crippen LogP contribution < -0.4 is 10.6 Å². The van der Waals surface area contributed by atoms with Crippen LogP contribution in [0.3, 0.4) is 0 Å². The second-order valence-electron chi connectivity index (χ2n) is 7.01. The third kappa shape index (κ3) is 3.60. The quantitative estimate of drug-likeness (QED) is 0.889. The zero-order chi connectivity index (χ0) is 14.7. The van der Waals surface area contributed by atoms with Gasteiger partial charge in [-0.25, -0.2) is 0 Å². The van der Waals surface area contributed by atoms with E-state index in [1.165, 1.54) is 63.7 Å². The van der Waals surface area contributed by atoms with Gasteiger partial charge < -0.3 is 10.6 Å². The summed E-state index contributed by atoms with van der Waals surface area (Å²) >= 11 is 0. The number of rotatable bonds is 5. The van der Waals surface area contributed by atoms with Crippen LogP contribution in [-0.4, -0.2) is 19.1 Å². The molecule has 3 rings (SSSR count). The molecule has 0 spiro atoms. The molecule has 1 aliphatic heterocycles. The van der Waals surface area contributed by atoms with Gasteiger partial charge in [0.1, 0.15) is 0 Å². The van der Waals surface area contributed by atoms with Gasteiger partial charge >= 0.3 is 0 Å². The lowest BCUT2D eigenvalue weighted by molar-refractivity contribution is 0.464. The van der Waals surface area contributed by atoms with Crippen LogP contribution in [0.2, 0.25) is 0 Å². The lowest BCUT2D eigenvalue weighted by Gasteiger charge is -2.23. The van der Waals surface area contributed by atoms with Crippen LogP contribution in [0.1, 0.15) is 56.6 Å². The van der Waals surface area contributed by atoms with E-state index in [-0.39, 0.29) is 0 Å². The van der Waals surface area contributed by atoms with Crippen LogP contribution in [0.25, 0.3) is 0 Å². The normalized spacial score (nSPS) is 23.1. The topological polar surface area (TPSA) is 29.3 Å². The van der Waals surface area contributed by atoms with Gasteiger partial charge in [0.05, 0.1) is 0 Å². The fourth-order valence-electron chi connectivity index (χ4n) is 3.87. The molecule has 21 heavy (non-hydrogen) atoms. The predicted octanol–water partition coefficient (Wildman–Crippen LogP) is 3.91. The molecular formula is C19H30N2. The molecule has 2 N–H and O–H groups in total. The van der Waals surface area contributed by atoms with Gasteiger partial charge in [0.15, 0.2) is 0 Å². The van der Waals surface area contributed by atoms with Crippen molar-refractivity contribution in [3.05, 3.63) is 29.3 Å². The molecule has 0 bridgehead atoms. The second-order valence-corrected chi connectivity index (χ2v) is 7.01. The predicted molar refractivity (Wildman–Crippen MR) is 90.9 cm³/mol. The third-order valence-corrected chi connectivity index (χ3v) is 5.45. The molecule has 0 saturated carbocycles. The minimum absolute atomic E-state index is 0.405. The number of hydrogen-bond acceptors (Lipinski definition) is 2. The molecule has 1 fully saturated rings. The molecule has 1 aromatic carbocycles. The van der Waals surface area contributed by atoms with Crippen molar-refractivity contribution >= 4 is 5.69 Å². The Morgan fingerprint density at radius 1 is 1.24 bits per heavy atom. The molecule has 1 aliphatic carbocycles. The largest absolute Gasteiger partial charge is 0.371 e. The van der Waals surface area contributed by atoms with E-state index in [2.05, 4.69) is 30.0 Å². The van der Waals surface area contributed by atoms with E-state index in [0.29, 0.717) is 6.04 Å². The first-order valence-corrected chi connectivity index (χ1v) is 8.88. The monoisotopic (exact) mass is 286 g/mol. The first kappa shape index (κ1) is 14.9. The van der Waals surface area contributed by atoms with Crippen LogP contribution in [0.5, 0.6) is 0 Å². The van der Waals surface area contributed by atoms with Crippen LogP contribution in [0.4, 0.5) is 5.69 Å². The summed E-state index contributed by atoms with van der Waals surface area (Å²) in [5.41, 5.74) is 10.7. The maximum absolute atomic E-state index is 6.06. The molecule has 1 heterocycles. The summed E-state index contributed by atoms with van der Waals surface area (Å²) in [5.74, 6) is 0.846. The van der Waals surface area contributed by atoms with Gasteiger partial charge in [-0.3, -0.25) is 0 Å². The maximum Gasteiger partial charge on any atom is 0.0369 e. The molecule has 0 aromatic heterocycles. The van der Waals surface area contributed by atoms with Crippen LogP contribution in [0, 0.1) is 5.92 Å². The third-order valence-electron chi connectivity index (χ3n) is 5.45. The summed E-state index contributed by atoms with van der Waals surface area (Å²) in [6.45, 7) is 4.65. The summed E-state index contributed by atoms with van der Waals surface area (Å²) in [4.78, 5) is 2.59. The van der Waals surface area contributed by atoms with Crippen LogP contribution in [-0.2, 0) is 12.8 Å². The molecule has 2 unspecified atom stereocenters. The van der Waals surface area contributed by atoms with Gasteiger partial charge in [-0.1, -0.05) is 13.0 Å². The Balaban J connectivity index is 1.58. The average molecular weight is 286 g/mol. The lowest BCUT2D eigenvalue weighted by atomic mass is 9.91. The van der Waals surface area contributed by atoms with Crippen molar-refractivity contribution in [2.45, 2.75) is 64.3 Å². The SMILES string of the molecule is CCC(N)CCC1CCN(c2ccc3c(c2)CCCC3)C1. The molecule has 1 aromatic rings. The highest BCUT2D eigenvalue weighted by Crippen LogP contribution is 2.30. The standard InChI is InChI=1S/C19H30N2/c1-2-18(20)9-7-15-11-12-21(14-15)19-10-8-16-5-3-4-6-17(16)13-19/h8,10,13,15,18H,2-7,9,11-12,14,20H2,1H3. The van der Waals surface area contributed by atoms with Crippen molar-refractivity contribution in [3.63, 3.8) is 0 Å². The molecule has 0 radical (unpaired) electrons. The number of nitrogens with two attached hydrogens (primary N) is 1. The summed E-state index contributed by atoms with van der Waals surface area (Å²) < 4.78 is 0. The van der Waals surface area contributed by atoms with Crippen molar-refractivity contribution in [2.24, 2.45) is 11.7 Å². The lowest BCUT2D eigenvalue weighted by Crippen LogP contribution is -2.22. The van der Waals surface area contributed by atoms with E-state index in [1.54, 1.807) is 11.1 Å². The molecule has 0 amide bonds. The summed E-state index contributed by atoms with van der Waals surface area (Å²) in [5, 5.41) is 0. The van der Waals surface area contributed by atoms with Gasteiger partial charge in [-0.15, -0.1) is 0 Å². The summed E-state index contributed by atoms with van der Waals surface area (Å²) in [6.07, 6.45) is 10.3. The highest BCUT2D eigenvalue weighted by Gasteiger charge is 2.23. The Labute approximate surface area is 129 Å². The Hall–Kier alpha value is -1.02. The number of fused-ring (bicyclic) bond motifs is 1. The van der Waals surface area contributed by atoms with E-state index in [1.807, 2.05) is 0 Å². The van der Waals surface area contributed by atoms with Gasteiger partial charge in [0.25, 0.3) is 0 Å². The second kappa shape index (κ2) is 6.83. The number of aryl methyl sites for hydroxylation is 2. The van der Waals surface area contributed by atoms with Crippen molar-refractivity contribution in [3.8, 4) is 0 Å². The average Bonchev–Trinajstić information content (AvgIpc) is 3.01. The van der Waals surface area contributed by atoms with E-state index in [0.717, 1.165) is 12.3 Å². The minimum atomic E-state index is 0.405. The Bertz CT molecular complexity index is 469. The Morgan fingerprint density at radius 3 is 2.86 bits per heavy atom. The Kier molecular flexibility index (Phi) is 4.84. The van der Waals surface area contributed by atoms with Gasteiger partial charge in [0.2, 0.25) is 0 Å². The molecule has 116 valence electrons. The molecule has 2 nitrogen and oxygen atoms in total.